The van der Waals surface area contributed by atoms with E-state index in [4.69, 9.17) is 9.26 Å². The predicted octanol–water partition coefficient (Wildman–Crippen LogP) is 1.66. The number of fused-ring (bicyclic) bond motifs is 3. The van der Waals surface area contributed by atoms with Crippen LogP contribution in [0.3, 0.4) is 0 Å². The van der Waals surface area contributed by atoms with Crippen LogP contribution in [0.2, 0.25) is 0 Å². The summed E-state index contributed by atoms with van der Waals surface area (Å²) < 4.78 is 10.7. The van der Waals surface area contributed by atoms with Gasteiger partial charge in [-0.05, 0) is 31.0 Å². The van der Waals surface area contributed by atoms with E-state index in [1.54, 1.807) is 6.92 Å². The molecule has 0 N–H and O–H groups in total. The maximum absolute atomic E-state index is 13.6. The zero-order chi connectivity index (χ0) is 20.5. The Balaban J connectivity index is 1.52. The van der Waals surface area contributed by atoms with Crippen molar-refractivity contribution in [3.05, 3.63) is 58.6 Å². The molecular formula is C22H22N4O4. The van der Waals surface area contributed by atoms with Gasteiger partial charge >= 0.3 is 0 Å². The Morgan fingerprint density at radius 2 is 2.13 bits per heavy atom. The lowest BCUT2D eigenvalue weighted by Crippen LogP contribution is -2.64. The van der Waals surface area contributed by atoms with Crippen molar-refractivity contribution in [3.8, 4) is 5.75 Å². The van der Waals surface area contributed by atoms with Crippen molar-refractivity contribution in [2.24, 2.45) is 0 Å². The number of benzene rings is 1. The maximum atomic E-state index is 13.6. The zero-order valence-corrected chi connectivity index (χ0v) is 16.8. The predicted molar refractivity (Wildman–Crippen MR) is 106 cm³/mol. The van der Waals surface area contributed by atoms with Crippen LogP contribution < -0.4 is 4.74 Å². The first-order valence-corrected chi connectivity index (χ1v) is 10.4. The first-order valence-electron chi connectivity index (χ1n) is 10.4. The summed E-state index contributed by atoms with van der Waals surface area (Å²) in [6, 6.07) is 6.08. The second kappa shape index (κ2) is 6.10. The minimum atomic E-state index is -0.864. The summed E-state index contributed by atoms with van der Waals surface area (Å²) in [4.78, 5) is 32.9. The van der Waals surface area contributed by atoms with E-state index in [0.717, 1.165) is 42.0 Å². The molecule has 4 aliphatic heterocycles. The van der Waals surface area contributed by atoms with Gasteiger partial charge in [0.15, 0.2) is 5.66 Å². The fraction of sp³-hybridized carbons (Fsp3) is 0.409. The van der Waals surface area contributed by atoms with E-state index in [9.17, 15) is 9.59 Å². The first-order chi connectivity index (χ1) is 14.6. The standard InChI is InChI=1S/C22H22N4O4/c1-14-17(12-30-23-14)20(27)25-8-9-26-21(28)18-3-2-7-24(18)13-22(25,26)16-4-5-19-15(11-16)6-10-29-19/h3-5,11-12H,2,6-10,13H2,1H3. The second-order valence-corrected chi connectivity index (χ2v) is 8.26. The van der Waals surface area contributed by atoms with Crippen LogP contribution in [0.5, 0.6) is 5.75 Å². The molecule has 0 saturated carbocycles. The Morgan fingerprint density at radius 3 is 2.97 bits per heavy atom. The number of rotatable bonds is 2. The minimum Gasteiger partial charge on any atom is -0.493 e. The lowest BCUT2D eigenvalue weighted by atomic mass is 9.91. The first kappa shape index (κ1) is 17.6. The van der Waals surface area contributed by atoms with Crippen molar-refractivity contribution >= 4 is 11.8 Å². The van der Waals surface area contributed by atoms with Gasteiger partial charge in [-0.15, -0.1) is 0 Å². The molecule has 0 radical (unpaired) electrons. The SMILES string of the molecule is Cc1nocc1C(=O)N1CCN2C(=O)C3=CCCN3CC21c1ccc2c(c1)CCO2. The average Bonchev–Trinajstić information content (AvgIpc) is 3.52. The molecule has 8 heteroatoms. The molecule has 0 bridgehead atoms. The normalized spacial score (nSPS) is 24.5. The third kappa shape index (κ3) is 2.19. The molecule has 2 aromatic rings. The molecule has 1 aromatic carbocycles. The molecule has 2 saturated heterocycles. The summed E-state index contributed by atoms with van der Waals surface area (Å²) in [5.41, 5.74) is 2.96. The number of ether oxygens (including phenoxy) is 1. The summed E-state index contributed by atoms with van der Waals surface area (Å²) in [6.07, 6.45) is 5.09. The van der Waals surface area contributed by atoms with Gasteiger partial charge in [0.1, 0.15) is 17.6 Å². The highest BCUT2D eigenvalue weighted by atomic mass is 16.5. The van der Waals surface area contributed by atoms with Crippen LogP contribution in [0.1, 0.15) is 33.6 Å². The smallest absolute Gasteiger partial charge is 0.272 e. The molecule has 2 fully saturated rings. The van der Waals surface area contributed by atoms with E-state index in [-0.39, 0.29) is 11.8 Å². The molecular weight excluding hydrogens is 384 g/mol. The Labute approximate surface area is 173 Å². The van der Waals surface area contributed by atoms with Crippen LogP contribution >= 0.6 is 0 Å². The van der Waals surface area contributed by atoms with E-state index < -0.39 is 5.66 Å². The number of aromatic nitrogens is 1. The molecule has 1 unspecified atom stereocenters. The number of hydrogen-bond acceptors (Lipinski definition) is 6. The number of carbonyl (C=O) groups excluding carboxylic acids is 2. The third-order valence-corrected chi connectivity index (χ3v) is 6.77. The molecule has 8 nitrogen and oxygen atoms in total. The van der Waals surface area contributed by atoms with E-state index in [0.29, 0.717) is 37.5 Å². The number of hydrogen-bond donors (Lipinski definition) is 0. The van der Waals surface area contributed by atoms with Gasteiger partial charge in [0.2, 0.25) is 0 Å². The van der Waals surface area contributed by atoms with Crippen LogP contribution in [-0.2, 0) is 16.9 Å². The Bertz CT molecular complexity index is 1110. The second-order valence-electron chi connectivity index (χ2n) is 8.26. The number of aryl methyl sites for hydroxylation is 1. The van der Waals surface area contributed by atoms with Crippen LogP contribution in [0, 0.1) is 6.92 Å². The number of piperazine rings is 1. The van der Waals surface area contributed by atoms with Crippen molar-refractivity contribution in [1.82, 2.24) is 19.9 Å². The van der Waals surface area contributed by atoms with Gasteiger partial charge < -0.3 is 24.0 Å². The van der Waals surface area contributed by atoms with E-state index in [1.807, 2.05) is 28.0 Å². The highest BCUT2D eigenvalue weighted by molar-refractivity contribution is 5.99. The number of amides is 2. The van der Waals surface area contributed by atoms with Gasteiger partial charge in [0.05, 0.1) is 24.5 Å². The molecule has 4 aliphatic rings. The minimum absolute atomic E-state index is 0.00663. The molecule has 1 aromatic heterocycles. The van der Waals surface area contributed by atoms with Gasteiger partial charge in [0, 0.05) is 31.6 Å². The van der Waals surface area contributed by atoms with Crippen LogP contribution in [0.4, 0.5) is 0 Å². The highest BCUT2D eigenvalue weighted by Gasteiger charge is 2.58. The quantitative estimate of drug-likeness (QED) is 0.755. The molecule has 6 rings (SSSR count). The van der Waals surface area contributed by atoms with Crippen molar-refractivity contribution < 1.29 is 18.8 Å². The topological polar surface area (TPSA) is 79.1 Å². The maximum Gasteiger partial charge on any atom is 0.272 e. The summed E-state index contributed by atoms with van der Waals surface area (Å²) in [5, 5.41) is 3.88. The van der Waals surface area contributed by atoms with Crippen molar-refractivity contribution in [2.45, 2.75) is 25.4 Å². The van der Waals surface area contributed by atoms with E-state index in [1.165, 1.54) is 6.26 Å². The van der Waals surface area contributed by atoms with Gasteiger partial charge in [0.25, 0.3) is 11.8 Å². The molecule has 30 heavy (non-hydrogen) atoms. The molecule has 5 heterocycles. The summed E-state index contributed by atoms with van der Waals surface area (Å²) in [6.45, 7) is 4.73. The molecule has 154 valence electrons. The molecule has 1 atom stereocenters. The average molecular weight is 406 g/mol. The van der Waals surface area contributed by atoms with Gasteiger partial charge in [-0.2, -0.15) is 0 Å². The van der Waals surface area contributed by atoms with Crippen molar-refractivity contribution in [1.29, 1.82) is 0 Å². The highest BCUT2D eigenvalue weighted by Crippen LogP contribution is 2.46. The Kier molecular flexibility index (Phi) is 3.57. The van der Waals surface area contributed by atoms with E-state index in [2.05, 4.69) is 16.1 Å². The summed E-state index contributed by atoms with van der Waals surface area (Å²) in [7, 11) is 0. The number of carbonyl (C=O) groups is 2. The van der Waals surface area contributed by atoms with Crippen LogP contribution in [0.15, 0.2) is 40.8 Å². The van der Waals surface area contributed by atoms with Crippen LogP contribution in [0.25, 0.3) is 0 Å². The largest absolute Gasteiger partial charge is 0.493 e. The van der Waals surface area contributed by atoms with Gasteiger partial charge in [-0.1, -0.05) is 17.3 Å². The van der Waals surface area contributed by atoms with E-state index >= 15 is 0 Å². The molecule has 0 aliphatic carbocycles. The fourth-order valence-corrected chi connectivity index (χ4v) is 5.30. The van der Waals surface area contributed by atoms with Gasteiger partial charge in [-0.3, -0.25) is 9.59 Å². The Hall–Kier alpha value is -3.29. The summed E-state index contributed by atoms with van der Waals surface area (Å²) in [5.74, 6) is 0.719. The third-order valence-electron chi connectivity index (χ3n) is 6.77. The zero-order valence-electron chi connectivity index (χ0n) is 16.8. The van der Waals surface area contributed by atoms with Gasteiger partial charge in [-0.25, -0.2) is 0 Å². The fourth-order valence-electron chi connectivity index (χ4n) is 5.30. The summed E-state index contributed by atoms with van der Waals surface area (Å²) >= 11 is 0. The lowest BCUT2D eigenvalue weighted by Gasteiger charge is -2.50. The molecule has 2 amide bonds. The number of nitrogens with zero attached hydrogens (tertiary/aromatic N) is 4. The van der Waals surface area contributed by atoms with Crippen molar-refractivity contribution in [2.75, 3.05) is 32.8 Å². The molecule has 0 spiro atoms. The Morgan fingerprint density at radius 1 is 1.23 bits per heavy atom. The monoisotopic (exact) mass is 406 g/mol. The van der Waals surface area contributed by atoms with Crippen molar-refractivity contribution in [3.63, 3.8) is 0 Å². The van der Waals surface area contributed by atoms with Crippen LogP contribution in [-0.4, -0.2) is 64.5 Å². The lowest BCUT2D eigenvalue weighted by molar-refractivity contribution is -0.143.